The third-order valence-electron chi connectivity index (χ3n) is 4.15. The molecule has 2 heterocycles. The molecule has 3 aromatic rings. The molecule has 25 heavy (non-hydrogen) atoms. The molecule has 0 saturated heterocycles. The maximum absolute atomic E-state index is 14.6. The monoisotopic (exact) mass is 404 g/mol. The Morgan fingerprint density at radius 1 is 1.32 bits per heavy atom. The Morgan fingerprint density at radius 2 is 2.12 bits per heavy atom. The van der Waals surface area contributed by atoms with Crippen LogP contribution in [0.1, 0.15) is 21.5 Å². The van der Waals surface area contributed by atoms with Gasteiger partial charge in [-0.15, -0.1) is 0 Å². The highest BCUT2D eigenvalue weighted by molar-refractivity contribution is 9.18. The standard InChI is InChI=1S/C17H11BrF2N4O/c1-24-13-5-12(19)14(15(20)11(13)7-22-24)17(25)23-9-3-2-8-6-21-16(18)10(8)4-9/h2-5,7H,6H2,1H3,(H,23,25). The number of benzene rings is 2. The number of carbonyl (C=O) groups excluding carboxylic acids is 1. The van der Waals surface area contributed by atoms with Crippen molar-refractivity contribution in [2.24, 2.45) is 12.0 Å². The van der Waals surface area contributed by atoms with Gasteiger partial charge in [0.05, 0.1) is 23.6 Å². The smallest absolute Gasteiger partial charge is 0.261 e. The molecule has 1 aliphatic rings. The maximum Gasteiger partial charge on any atom is 0.261 e. The zero-order chi connectivity index (χ0) is 17.7. The lowest BCUT2D eigenvalue weighted by atomic mass is 10.1. The van der Waals surface area contributed by atoms with E-state index < -0.39 is 23.1 Å². The van der Waals surface area contributed by atoms with Gasteiger partial charge in [-0.3, -0.25) is 14.5 Å². The van der Waals surface area contributed by atoms with Gasteiger partial charge in [0.25, 0.3) is 5.91 Å². The van der Waals surface area contributed by atoms with Crippen molar-refractivity contribution in [3.05, 3.63) is 58.8 Å². The largest absolute Gasteiger partial charge is 0.322 e. The number of halogens is 3. The van der Waals surface area contributed by atoms with Crippen LogP contribution in [-0.2, 0) is 13.6 Å². The lowest BCUT2D eigenvalue weighted by Gasteiger charge is -2.09. The van der Waals surface area contributed by atoms with Crippen molar-refractivity contribution < 1.29 is 13.6 Å². The molecule has 0 spiro atoms. The summed E-state index contributed by atoms with van der Waals surface area (Å²) in [5.41, 5.74) is 1.95. The molecule has 4 rings (SSSR count). The first-order valence-corrected chi connectivity index (χ1v) is 8.19. The summed E-state index contributed by atoms with van der Waals surface area (Å²) in [7, 11) is 1.57. The van der Waals surface area contributed by atoms with E-state index in [0.717, 1.165) is 17.2 Å². The Kier molecular flexibility index (Phi) is 3.64. The van der Waals surface area contributed by atoms with Gasteiger partial charge in [0, 0.05) is 24.4 Å². The van der Waals surface area contributed by atoms with Gasteiger partial charge in [0.15, 0.2) is 0 Å². The first-order chi connectivity index (χ1) is 12.0. The zero-order valence-electron chi connectivity index (χ0n) is 13.0. The number of anilines is 1. The van der Waals surface area contributed by atoms with E-state index in [2.05, 4.69) is 31.3 Å². The zero-order valence-corrected chi connectivity index (χ0v) is 14.6. The molecule has 1 aliphatic heterocycles. The van der Waals surface area contributed by atoms with Crippen LogP contribution in [0.5, 0.6) is 0 Å². The number of aromatic nitrogens is 2. The van der Waals surface area contributed by atoms with Crippen LogP contribution in [0.4, 0.5) is 14.5 Å². The summed E-state index contributed by atoms with van der Waals surface area (Å²) < 4.78 is 30.9. The third-order valence-corrected chi connectivity index (χ3v) is 4.83. The molecule has 0 saturated carbocycles. The summed E-state index contributed by atoms with van der Waals surface area (Å²) >= 11 is 3.34. The predicted octanol–water partition coefficient (Wildman–Crippen LogP) is 3.76. The molecule has 1 aromatic heterocycles. The highest BCUT2D eigenvalue weighted by Gasteiger charge is 2.23. The van der Waals surface area contributed by atoms with Gasteiger partial charge < -0.3 is 5.32 Å². The van der Waals surface area contributed by atoms with Crippen LogP contribution < -0.4 is 5.32 Å². The van der Waals surface area contributed by atoms with Crippen molar-refractivity contribution in [2.45, 2.75) is 6.54 Å². The fraction of sp³-hybridized carbons (Fsp3) is 0.118. The van der Waals surface area contributed by atoms with Crippen molar-refractivity contribution >= 4 is 43.0 Å². The molecule has 0 unspecified atom stereocenters. The molecule has 0 radical (unpaired) electrons. The fourth-order valence-electron chi connectivity index (χ4n) is 2.84. The summed E-state index contributed by atoms with van der Waals surface area (Å²) in [4.78, 5) is 16.7. The summed E-state index contributed by atoms with van der Waals surface area (Å²) in [5, 5.41) is 6.52. The van der Waals surface area contributed by atoms with Gasteiger partial charge in [0.2, 0.25) is 0 Å². The highest BCUT2D eigenvalue weighted by Crippen LogP contribution is 2.27. The molecule has 0 fully saturated rings. The van der Waals surface area contributed by atoms with Crippen LogP contribution in [0, 0.1) is 11.6 Å². The van der Waals surface area contributed by atoms with Crippen molar-refractivity contribution in [3.8, 4) is 0 Å². The normalized spacial score (nSPS) is 13.0. The van der Waals surface area contributed by atoms with E-state index in [1.165, 1.54) is 10.9 Å². The molecule has 0 bridgehead atoms. The Bertz CT molecular complexity index is 1070. The van der Waals surface area contributed by atoms with Gasteiger partial charge in [0.1, 0.15) is 21.8 Å². The molecule has 0 aliphatic carbocycles. The second-order valence-corrected chi connectivity index (χ2v) is 6.43. The number of rotatable bonds is 2. The van der Waals surface area contributed by atoms with E-state index in [1.54, 1.807) is 19.2 Å². The Labute approximate surface area is 149 Å². The van der Waals surface area contributed by atoms with E-state index >= 15 is 0 Å². The third kappa shape index (κ3) is 2.53. The van der Waals surface area contributed by atoms with Crippen LogP contribution >= 0.6 is 15.9 Å². The molecular formula is C17H11BrF2N4O. The Morgan fingerprint density at radius 3 is 2.92 bits per heavy atom. The number of carbonyl (C=O) groups is 1. The molecule has 2 aromatic carbocycles. The van der Waals surface area contributed by atoms with Crippen molar-refractivity contribution in [1.29, 1.82) is 0 Å². The predicted molar refractivity (Wildman–Crippen MR) is 94.2 cm³/mol. The number of aryl methyl sites for hydroxylation is 1. The number of aliphatic imine (C=N–C) groups is 1. The van der Waals surface area contributed by atoms with Crippen LogP contribution in [-0.4, -0.2) is 20.3 Å². The number of fused-ring (bicyclic) bond motifs is 2. The molecule has 0 atom stereocenters. The average molecular weight is 405 g/mol. The van der Waals surface area contributed by atoms with Crippen molar-refractivity contribution in [3.63, 3.8) is 0 Å². The Hall–Kier alpha value is -2.61. The summed E-state index contributed by atoms with van der Waals surface area (Å²) in [6.45, 7) is 0.561. The molecule has 8 heteroatoms. The quantitative estimate of drug-likeness (QED) is 0.706. The van der Waals surface area contributed by atoms with Crippen molar-refractivity contribution in [1.82, 2.24) is 9.78 Å². The first kappa shape index (κ1) is 15.9. The summed E-state index contributed by atoms with van der Waals surface area (Å²) in [6, 6.07) is 6.31. The first-order valence-electron chi connectivity index (χ1n) is 7.40. The van der Waals surface area contributed by atoms with E-state index in [-0.39, 0.29) is 10.9 Å². The van der Waals surface area contributed by atoms with E-state index in [4.69, 9.17) is 0 Å². The molecule has 1 N–H and O–H groups in total. The molecular weight excluding hydrogens is 394 g/mol. The van der Waals surface area contributed by atoms with Crippen LogP contribution in [0.2, 0.25) is 0 Å². The SMILES string of the molecule is Cn1ncc2c(F)c(C(=O)Nc3ccc4c(c3)C(Br)=NC4)c(F)cc21. The number of nitrogens with one attached hydrogen (secondary N) is 1. The second kappa shape index (κ2) is 5.73. The minimum atomic E-state index is -0.935. The topological polar surface area (TPSA) is 59.3 Å². The number of amides is 1. The van der Waals surface area contributed by atoms with E-state index in [9.17, 15) is 13.6 Å². The Balaban J connectivity index is 1.71. The van der Waals surface area contributed by atoms with E-state index in [1.807, 2.05) is 6.07 Å². The van der Waals surface area contributed by atoms with Crippen LogP contribution in [0.3, 0.4) is 0 Å². The maximum atomic E-state index is 14.6. The van der Waals surface area contributed by atoms with Gasteiger partial charge in [-0.05, 0) is 33.6 Å². The summed E-state index contributed by atoms with van der Waals surface area (Å²) in [6.07, 6.45) is 1.27. The van der Waals surface area contributed by atoms with Crippen LogP contribution in [0.15, 0.2) is 35.5 Å². The number of nitrogens with zero attached hydrogens (tertiary/aromatic N) is 3. The van der Waals surface area contributed by atoms with Gasteiger partial charge in [-0.2, -0.15) is 5.10 Å². The van der Waals surface area contributed by atoms with Gasteiger partial charge in [-0.1, -0.05) is 6.07 Å². The molecule has 5 nitrogen and oxygen atoms in total. The lowest BCUT2D eigenvalue weighted by molar-refractivity contribution is 0.101. The fourth-order valence-corrected chi connectivity index (χ4v) is 3.34. The number of hydrogen-bond acceptors (Lipinski definition) is 3. The van der Waals surface area contributed by atoms with Crippen LogP contribution in [0.25, 0.3) is 10.9 Å². The highest BCUT2D eigenvalue weighted by atomic mass is 79.9. The molecule has 1 amide bonds. The average Bonchev–Trinajstić information content (AvgIpc) is 3.12. The lowest BCUT2D eigenvalue weighted by Crippen LogP contribution is -2.16. The second-order valence-electron chi connectivity index (χ2n) is 5.68. The van der Waals surface area contributed by atoms with E-state index in [0.29, 0.717) is 16.9 Å². The van der Waals surface area contributed by atoms with Crippen molar-refractivity contribution in [2.75, 3.05) is 5.32 Å². The minimum absolute atomic E-state index is 0.0953. The minimum Gasteiger partial charge on any atom is -0.322 e. The summed E-state index contributed by atoms with van der Waals surface area (Å²) in [5.74, 6) is -2.72. The van der Waals surface area contributed by atoms with Gasteiger partial charge >= 0.3 is 0 Å². The van der Waals surface area contributed by atoms with Gasteiger partial charge in [-0.25, -0.2) is 8.78 Å². The number of hydrogen-bond donors (Lipinski definition) is 1. The molecule has 126 valence electrons.